The molecule has 0 aromatic carbocycles. The van der Waals surface area contributed by atoms with Gasteiger partial charge in [-0.1, -0.05) is 320 Å². The van der Waals surface area contributed by atoms with Gasteiger partial charge in [0.2, 0.25) is 5.91 Å². The van der Waals surface area contributed by atoms with Gasteiger partial charge in [-0.05, 0) is 57.8 Å². The quantitative estimate of drug-likeness (QED) is 0.0204. The monoisotopic (exact) mass is 1280 g/mol. The van der Waals surface area contributed by atoms with Crippen LogP contribution in [-0.2, 0) is 23.7 Å². The van der Waals surface area contributed by atoms with Gasteiger partial charge >= 0.3 is 0 Å². The molecule has 14 heteroatoms. The van der Waals surface area contributed by atoms with Gasteiger partial charge in [0.25, 0.3) is 0 Å². The Labute approximate surface area is 551 Å². The fraction of sp³-hybridized carbons (Fsp3) is 0.908. The van der Waals surface area contributed by atoms with Crippen molar-refractivity contribution in [1.82, 2.24) is 5.32 Å². The lowest BCUT2D eigenvalue weighted by molar-refractivity contribution is -0.359. The number of allylic oxidation sites excluding steroid dienone is 5. The molecule has 0 spiro atoms. The van der Waals surface area contributed by atoms with Crippen LogP contribution in [-0.4, -0.2) is 140 Å². The van der Waals surface area contributed by atoms with Crippen LogP contribution in [0.15, 0.2) is 36.5 Å². The Morgan fingerprint density at radius 1 is 0.389 bits per heavy atom. The van der Waals surface area contributed by atoms with E-state index in [-0.39, 0.29) is 18.9 Å². The summed E-state index contributed by atoms with van der Waals surface area (Å²) in [4.78, 5) is 13.4. The Morgan fingerprint density at radius 3 is 1.09 bits per heavy atom. The van der Waals surface area contributed by atoms with Gasteiger partial charge in [-0.15, -0.1) is 0 Å². The maximum Gasteiger partial charge on any atom is 0.220 e. The molecule has 0 aromatic rings. The van der Waals surface area contributed by atoms with Crippen LogP contribution in [0.5, 0.6) is 0 Å². The van der Waals surface area contributed by atoms with E-state index in [1.807, 2.05) is 6.08 Å². The number of hydrogen-bond donors (Lipinski definition) is 9. The minimum Gasteiger partial charge on any atom is -0.394 e. The molecule has 0 bridgehead atoms. The zero-order valence-electron chi connectivity index (χ0n) is 57.9. The smallest absolute Gasteiger partial charge is 0.220 e. The molecule has 2 heterocycles. The first-order valence-corrected chi connectivity index (χ1v) is 38.2. The lowest BCUT2D eigenvalue weighted by Gasteiger charge is -2.46. The van der Waals surface area contributed by atoms with E-state index in [0.29, 0.717) is 12.8 Å². The summed E-state index contributed by atoms with van der Waals surface area (Å²) in [5.74, 6) is -0.242. The van der Waals surface area contributed by atoms with Crippen molar-refractivity contribution in [3.05, 3.63) is 36.5 Å². The van der Waals surface area contributed by atoms with Crippen LogP contribution >= 0.6 is 0 Å². The summed E-state index contributed by atoms with van der Waals surface area (Å²) in [6, 6.07) is -0.931. The lowest BCUT2D eigenvalue weighted by Crippen LogP contribution is -2.65. The van der Waals surface area contributed by atoms with Gasteiger partial charge in [0, 0.05) is 6.42 Å². The molecular formula is C76H143NO13. The summed E-state index contributed by atoms with van der Waals surface area (Å²) in [7, 11) is 0. The van der Waals surface area contributed by atoms with Crippen molar-refractivity contribution < 1.29 is 64.6 Å². The highest BCUT2D eigenvalue weighted by atomic mass is 16.7. The highest BCUT2D eigenvalue weighted by Gasteiger charge is 2.51. The van der Waals surface area contributed by atoms with Gasteiger partial charge in [-0.25, -0.2) is 0 Å². The van der Waals surface area contributed by atoms with Gasteiger partial charge in [-0.2, -0.15) is 0 Å². The first-order chi connectivity index (χ1) is 44.1. The Morgan fingerprint density at radius 2 is 0.711 bits per heavy atom. The van der Waals surface area contributed by atoms with E-state index in [1.54, 1.807) is 6.08 Å². The average Bonchev–Trinajstić information content (AvgIpc) is 1.41. The van der Waals surface area contributed by atoms with Crippen molar-refractivity contribution in [2.45, 2.75) is 421 Å². The van der Waals surface area contributed by atoms with Crippen LogP contribution in [0.2, 0.25) is 0 Å². The van der Waals surface area contributed by atoms with Crippen LogP contribution in [0, 0.1) is 0 Å². The van der Waals surface area contributed by atoms with Crippen LogP contribution < -0.4 is 5.32 Å². The predicted molar refractivity (Wildman–Crippen MR) is 369 cm³/mol. The second kappa shape index (κ2) is 60.8. The van der Waals surface area contributed by atoms with Crippen molar-refractivity contribution in [2.75, 3.05) is 19.8 Å². The van der Waals surface area contributed by atoms with E-state index in [0.717, 1.165) is 32.1 Å². The molecule has 0 aromatic heterocycles. The topological polar surface area (TPSA) is 228 Å². The van der Waals surface area contributed by atoms with E-state index in [4.69, 9.17) is 18.9 Å². The zero-order valence-corrected chi connectivity index (χ0v) is 57.9. The van der Waals surface area contributed by atoms with Crippen LogP contribution in [0.1, 0.15) is 348 Å². The zero-order chi connectivity index (χ0) is 65.2. The summed E-state index contributed by atoms with van der Waals surface area (Å²) in [5.41, 5.74) is 0. The van der Waals surface area contributed by atoms with Crippen molar-refractivity contribution in [1.29, 1.82) is 0 Å². The molecule has 12 atom stereocenters. The number of carbonyl (C=O) groups is 1. The molecule has 0 radical (unpaired) electrons. The number of rotatable bonds is 64. The van der Waals surface area contributed by atoms with E-state index < -0.39 is 86.8 Å². The molecule has 1 amide bonds. The molecule has 0 aliphatic carbocycles. The minimum absolute atomic E-state index is 0.242. The third-order valence-electron chi connectivity index (χ3n) is 18.8. The summed E-state index contributed by atoms with van der Waals surface area (Å²) in [6.45, 7) is 2.84. The third-order valence-corrected chi connectivity index (χ3v) is 18.8. The standard InChI is InChI=1S/C76H143NO13/c1-3-5-7-9-11-13-15-17-19-21-23-25-27-28-29-30-31-32-33-34-35-36-38-40-42-44-46-48-50-52-54-56-58-60-68(81)77-64(63-87-75-73(86)71(84)74(67(62-79)89-75)90-76-72(85)70(83)69(82)66(61-78)88-76)65(80)59-57-55-53-51-49-47-45-43-41-39-37-26-24-22-20-18-16-14-12-10-8-6-4-2/h21,23,49,51,57,59,64-67,69-76,78-80,82-86H,3-20,22,24-48,50,52-56,58,60-63H2,1-2H3,(H,77,81)/b23-21-,51-49+,59-57+. The normalized spacial score (nSPS) is 23.0. The second-order valence-electron chi connectivity index (χ2n) is 27.1. The molecule has 9 N–H and O–H groups in total. The number of aliphatic hydroxyl groups excluding tert-OH is 8. The molecule has 12 unspecified atom stereocenters. The van der Waals surface area contributed by atoms with Gasteiger partial charge in [0.05, 0.1) is 32.0 Å². The fourth-order valence-electron chi connectivity index (χ4n) is 12.7. The molecular weight excluding hydrogens is 1130 g/mol. The second-order valence-corrected chi connectivity index (χ2v) is 27.1. The van der Waals surface area contributed by atoms with E-state index in [2.05, 4.69) is 43.5 Å². The van der Waals surface area contributed by atoms with E-state index in [9.17, 15) is 45.6 Å². The number of aliphatic hydroxyl groups is 8. The first kappa shape index (κ1) is 84.3. The number of unbranched alkanes of at least 4 members (excludes halogenated alkanes) is 47. The fourth-order valence-corrected chi connectivity index (χ4v) is 12.7. The number of ether oxygens (including phenoxy) is 4. The highest BCUT2D eigenvalue weighted by Crippen LogP contribution is 2.30. The number of hydrogen-bond acceptors (Lipinski definition) is 13. The minimum atomic E-state index is -1.79. The highest BCUT2D eigenvalue weighted by molar-refractivity contribution is 5.76. The van der Waals surface area contributed by atoms with E-state index >= 15 is 0 Å². The third kappa shape index (κ3) is 44.0. The number of nitrogens with one attached hydrogen (secondary N) is 1. The predicted octanol–water partition coefficient (Wildman–Crippen LogP) is 16.5. The maximum atomic E-state index is 13.4. The largest absolute Gasteiger partial charge is 0.394 e. The van der Waals surface area contributed by atoms with Crippen molar-refractivity contribution >= 4 is 5.91 Å². The average molecular weight is 1280 g/mol. The van der Waals surface area contributed by atoms with Gasteiger partial charge in [-0.3, -0.25) is 4.79 Å². The summed E-state index contributed by atoms with van der Waals surface area (Å²) < 4.78 is 22.9. The number of carbonyl (C=O) groups excluding carboxylic acids is 1. The Hall–Kier alpha value is -1.79. The van der Waals surface area contributed by atoms with Crippen molar-refractivity contribution in [2.24, 2.45) is 0 Å². The van der Waals surface area contributed by atoms with E-state index in [1.165, 1.54) is 283 Å². The van der Waals surface area contributed by atoms with Crippen LogP contribution in [0.4, 0.5) is 0 Å². The molecule has 0 saturated carbocycles. The molecule has 2 fully saturated rings. The van der Waals surface area contributed by atoms with Gasteiger partial charge in [0.15, 0.2) is 12.6 Å². The molecule has 2 rings (SSSR count). The molecule has 90 heavy (non-hydrogen) atoms. The first-order valence-electron chi connectivity index (χ1n) is 38.2. The number of amides is 1. The molecule has 2 aliphatic heterocycles. The molecule has 2 aliphatic rings. The summed E-state index contributed by atoms with van der Waals surface area (Å²) in [6.07, 6.45) is 62.2. The van der Waals surface area contributed by atoms with Crippen molar-refractivity contribution in [3.63, 3.8) is 0 Å². The molecule has 2 saturated heterocycles. The summed E-state index contributed by atoms with van der Waals surface area (Å²) >= 11 is 0. The Kier molecular flexibility index (Phi) is 57.0. The van der Waals surface area contributed by atoms with Crippen molar-refractivity contribution in [3.8, 4) is 0 Å². The van der Waals surface area contributed by atoms with Crippen LogP contribution in [0.25, 0.3) is 0 Å². The Balaban J connectivity index is 1.63. The van der Waals surface area contributed by atoms with Gasteiger partial charge in [0.1, 0.15) is 48.8 Å². The SMILES string of the molecule is CCCCCCCCCC/C=C\CCCCCCCCCCCCCCCCCCCCCCCC(=O)NC(COC1OC(CO)C(OC2OC(CO)C(O)C(O)C2O)C(O)C1O)C(O)/C=C/CC/C=C/CCCCCCCCCCCCCCCCCCC. The molecule has 14 nitrogen and oxygen atoms in total. The Bertz CT molecular complexity index is 1650. The maximum absolute atomic E-state index is 13.4. The summed E-state index contributed by atoms with van der Waals surface area (Å²) in [5, 5.41) is 87.5. The molecule has 530 valence electrons. The van der Waals surface area contributed by atoms with Crippen LogP contribution in [0.3, 0.4) is 0 Å². The lowest BCUT2D eigenvalue weighted by atomic mass is 9.97. The van der Waals surface area contributed by atoms with Gasteiger partial charge < -0.3 is 65.1 Å².